The Labute approximate surface area is 95.5 Å². The molecule has 2 heteroatoms. The lowest BCUT2D eigenvalue weighted by molar-refractivity contribution is 0.877. The van der Waals surface area contributed by atoms with Crippen LogP contribution in [0.15, 0.2) is 18.2 Å². The van der Waals surface area contributed by atoms with Crippen molar-refractivity contribution in [2.75, 3.05) is 0 Å². The van der Waals surface area contributed by atoms with Gasteiger partial charge >= 0.3 is 0 Å². The zero-order valence-corrected chi connectivity index (χ0v) is 9.99. The summed E-state index contributed by atoms with van der Waals surface area (Å²) in [5, 5.41) is 2.11. The van der Waals surface area contributed by atoms with Crippen molar-refractivity contribution in [3.63, 3.8) is 0 Å². The topological polar surface area (TPSA) is 15.8 Å². The van der Waals surface area contributed by atoms with Crippen molar-refractivity contribution in [2.45, 2.75) is 33.1 Å². The van der Waals surface area contributed by atoms with Crippen molar-refractivity contribution in [3.05, 3.63) is 34.5 Å². The number of aromatic nitrogens is 1. The molecule has 0 radical (unpaired) electrons. The van der Waals surface area contributed by atoms with Crippen LogP contribution < -0.4 is 0 Å². The molecular formula is C13H16ClN. The van der Waals surface area contributed by atoms with E-state index in [0.29, 0.717) is 0 Å². The van der Waals surface area contributed by atoms with Gasteiger partial charge in [0.05, 0.1) is 10.5 Å². The number of aromatic amines is 1. The van der Waals surface area contributed by atoms with Crippen LogP contribution >= 0.6 is 11.6 Å². The fourth-order valence-electron chi connectivity index (χ4n) is 2.16. The van der Waals surface area contributed by atoms with Gasteiger partial charge in [-0.3, -0.25) is 0 Å². The molecule has 1 heterocycles. The summed E-state index contributed by atoms with van der Waals surface area (Å²) in [6.07, 6.45) is 3.33. The molecule has 2 aromatic rings. The SMILES string of the molecule is CCCc1[nH]c2c(Cl)cccc2c1CC. The maximum atomic E-state index is 6.17. The Morgan fingerprint density at radius 1 is 1.27 bits per heavy atom. The van der Waals surface area contributed by atoms with Crippen molar-refractivity contribution >= 4 is 22.5 Å². The number of rotatable bonds is 3. The third-order valence-electron chi connectivity index (χ3n) is 2.83. The highest BCUT2D eigenvalue weighted by Crippen LogP contribution is 2.28. The molecule has 0 spiro atoms. The van der Waals surface area contributed by atoms with Crippen LogP contribution in [0.3, 0.4) is 0 Å². The Kier molecular flexibility index (Phi) is 3.01. The molecule has 0 aliphatic carbocycles. The van der Waals surface area contributed by atoms with Crippen LogP contribution in [0, 0.1) is 0 Å². The van der Waals surface area contributed by atoms with E-state index in [1.54, 1.807) is 0 Å². The standard InChI is InChI=1S/C13H16ClN/c1-3-6-12-9(4-2)10-7-5-8-11(14)13(10)15-12/h5,7-8,15H,3-4,6H2,1-2H3. The monoisotopic (exact) mass is 221 g/mol. The van der Waals surface area contributed by atoms with E-state index in [1.165, 1.54) is 16.6 Å². The first-order valence-electron chi connectivity index (χ1n) is 5.55. The molecule has 15 heavy (non-hydrogen) atoms. The third-order valence-corrected chi connectivity index (χ3v) is 3.15. The molecule has 0 aliphatic heterocycles. The first-order chi connectivity index (χ1) is 7.27. The fraction of sp³-hybridized carbons (Fsp3) is 0.385. The van der Waals surface area contributed by atoms with Gasteiger partial charge in [-0.15, -0.1) is 0 Å². The minimum absolute atomic E-state index is 0.824. The molecule has 0 saturated heterocycles. The van der Waals surface area contributed by atoms with Crippen LogP contribution in [-0.2, 0) is 12.8 Å². The fourth-order valence-corrected chi connectivity index (χ4v) is 2.38. The van der Waals surface area contributed by atoms with Crippen molar-refractivity contribution < 1.29 is 0 Å². The maximum absolute atomic E-state index is 6.17. The summed E-state index contributed by atoms with van der Waals surface area (Å²) >= 11 is 6.17. The number of halogens is 1. The Balaban J connectivity index is 2.67. The molecule has 2 rings (SSSR count). The van der Waals surface area contributed by atoms with E-state index in [4.69, 9.17) is 11.6 Å². The summed E-state index contributed by atoms with van der Waals surface area (Å²) in [7, 11) is 0. The Morgan fingerprint density at radius 2 is 2.07 bits per heavy atom. The largest absolute Gasteiger partial charge is 0.357 e. The van der Waals surface area contributed by atoms with Gasteiger partial charge in [0.1, 0.15) is 0 Å². The predicted octanol–water partition coefficient (Wildman–Crippen LogP) is 4.34. The van der Waals surface area contributed by atoms with Crippen LogP contribution in [0.4, 0.5) is 0 Å². The second kappa shape index (κ2) is 4.28. The van der Waals surface area contributed by atoms with Gasteiger partial charge in [0.2, 0.25) is 0 Å². The summed E-state index contributed by atoms with van der Waals surface area (Å²) in [6.45, 7) is 4.40. The Morgan fingerprint density at radius 3 is 2.73 bits per heavy atom. The minimum atomic E-state index is 0.824. The highest BCUT2D eigenvalue weighted by atomic mass is 35.5. The first kappa shape index (κ1) is 10.6. The van der Waals surface area contributed by atoms with Crippen LogP contribution in [0.25, 0.3) is 10.9 Å². The molecular weight excluding hydrogens is 206 g/mol. The molecule has 80 valence electrons. The molecule has 0 saturated carbocycles. The molecule has 0 aliphatic rings. The van der Waals surface area contributed by atoms with Gasteiger partial charge in [-0.2, -0.15) is 0 Å². The molecule has 1 nitrogen and oxygen atoms in total. The highest BCUT2D eigenvalue weighted by molar-refractivity contribution is 6.35. The van der Waals surface area contributed by atoms with Gasteiger partial charge in [-0.25, -0.2) is 0 Å². The van der Waals surface area contributed by atoms with Gasteiger partial charge in [-0.05, 0) is 24.5 Å². The minimum Gasteiger partial charge on any atom is -0.357 e. The normalized spacial score (nSPS) is 11.1. The number of fused-ring (bicyclic) bond motifs is 1. The zero-order chi connectivity index (χ0) is 10.8. The molecule has 1 N–H and O–H groups in total. The number of benzene rings is 1. The second-order valence-corrected chi connectivity index (χ2v) is 4.26. The zero-order valence-electron chi connectivity index (χ0n) is 9.23. The average Bonchev–Trinajstić information content (AvgIpc) is 2.58. The van der Waals surface area contributed by atoms with E-state index < -0.39 is 0 Å². The molecule has 0 bridgehead atoms. The van der Waals surface area contributed by atoms with Crippen molar-refractivity contribution in [3.8, 4) is 0 Å². The number of aryl methyl sites for hydroxylation is 2. The third kappa shape index (κ3) is 1.76. The predicted molar refractivity (Wildman–Crippen MR) is 66.7 cm³/mol. The average molecular weight is 222 g/mol. The van der Waals surface area contributed by atoms with Crippen LogP contribution in [0.2, 0.25) is 5.02 Å². The van der Waals surface area contributed by atoms with Gasteiger partial charge in [-0.1, -0.05) is 44.0 Å². The lowest BCUT2D eigenvalue weighted by Gasteiger charge is -1.98. The van der Waals surface area contributed by atoms with E-state index in [9.17, 15) is 0 Å². The Bertz CT molecular complexity index is 471. The maximum Gasteiger partial charge on any atom is 0.0648 e. The van der Waals surface area contributed by atoms with E-state index >= 15 is 0 Å². The lowest BCUT2D eigenvalue weighted by Crippen LogP contribution is -1.88. The number of H-pyrrole nitrogens is 1. The molecule has 0 unspecified atom stereocenters. The van der Waals surface area contributed by atoms with Gasteiger partial charge in [0, 0.05) is 11.1 Å². The number of nitrogens with one attached hydrogen (secondary N) is 1. The highest BCUT2D eigenvalue weighted by Gasteiger charge is 2.10. The smallest absolute Gasteiger partial charge is 0.0648 e. The molecule has 0 fully saturated rings. The summed E-state index contributed by atoms with van der Waals surface area (Å²) in [4.78, 5) is 3.45. The van der Waals surface area contributed by atoms with Crippen LogP contribution in [0.1, 0.15) is 31.5 Å². The Hall–Kier alpha value is -0.950. The second-order valence-electron chi connectivity index (χ2n) is 3.85. The summed E-state index contributed by atoms with van der Waals surface area (Å²) in [5.74, 6) is 0. The van der Waals surface area contributed by atoms with E-state index in [0.717, 1.165) is 29.8 Å². The van der Waals surface area contributed by atoms with Crippen molar-refractivity contribution in [1.82, 2.24) is 4.98 Å². The molecule has 0 atom stereocenters. The first-order valence-corrected chi connectivity index (χ1v) is 5.93. The van der Waals surface area contributed by atoms with Crippen molar-refractivity contribution in [2.24, 2.45) is 0 Å². The van der Waals surface area contributed by atoms with Crippen LogP contribution in [-0.4, -0.2) is 4.98 Å². The molecule has 0 amide bonds. The lowest BCUT2D eigenvalue weighted by atomic mass is 10.1. The van der Waals surface area contributed by atoms with Crippen LogP contribution in [0.5, 0.6) is 0 Å². The van der Waals surface area contributed by atoms with Crippen molar-refractivity contribution in [1.29, 1.82) is 0 Å². The van der Waals surface area contributed by atoms with Gasteiger partial charge in [0.15, 0.2) is 0 Å². The summed E-state index contributed by atoms with van der Waals surface area (Å²) in [6, 6.07) is 6.11. The van der Waals surface area contributed by atoms with Gasteiger partial charge < -0.3 is 4.98 Å². The number of hydrogen-bond donors (Lipinski definition) is 1. The summed E-state index contributed by atoms with van der Waals surface area (Å²) < 4.78 is 0. The van der Waals surface area contributed by atoms with Gasteiger partial charge in [0.25, 0.3) is 0 Å². The quantitative estimate of drug-likeness (QED) is 0.794. The summed E-state index contributed by atoms with van der Waals surface area (Å²) in [5.41, 5.74) is 3.87. The van der Waals surface area contributed by atoms with E-state index in [1.807, 2.05) is 12.1 Å². The van der Waals surface area contributed by atoms with E-state index in [2.05, 4.69) is 24.9 Å². The molecule has 1 aromatic carbocycles. The molecule has 1 aromatic heterocycles. The number of para-hydroxylation sites is 1. The number of hydrogen-bond acceptors (Lipinski definition) is 0. The van der Waals surface area contributed by atoms with E-state index in [-0.39, 0.29) is 0 Å².